The van der Waals surface area contributed by atoms with Crippen molar-refractivity contribution in [2.24, 2.45) is 16.6 Å². The molecule has 0 saturated carbocycles. The molecule has 0 rings (SSSR count). The van der Waals surface area contributed by atoms with Crippen LogP contribution in [0.1, 0.15) is 71.6 Å². The van der Waals surface area contributed by atoms with Crippen LogP contribution in [0.15, 0.2) is 4.99 Å². The molecule has 0 fully saturated rings. The lowest BCUT2D eigenvalue weighted by Gasteiger charge is -2.35. The fraction of sp³-hybridized carbons (Fsp3) is 0.944. The molecule has 0 spiro atoms. The quantitative estimate of drug-likeness (QED) is 0.280. The summed E-state index contributed by atoms with van der Waals surface area (Å²) in [6.07, 6.45) is 13.1. The first-order chi connectivity index (χ1) is 10.6. The summed E-state index contributed by atoms with van der Waals surface area (Å²) in [7, 11) is 3.47. The third kappa shape index (κ3) is 9.54. The Labute approximate surface area is 137 Å². The van der Waals surface area contributed by atoms with Crippen molar-refractivity contribution in [1.82, 2.24) is 0 Å². The maximum atomic E-state index is 5.64. The molecule has 0 amide bonds. The van der Waals surface area contributed by atoms with Gasteiger partial charge >= 0.3 is 0 Å². The smallest absolute Gasteiger partial charge is 0.167 e. The van der Waals surface area contributed by atoms with Gasteiger partial charge in [-0.3, -0.25) is 4.99 Å². The molecule has 0 aliphatic carbocycles. The monoisotopic (exact) mass is 314 g/mol. The molecular formula is C18H38N2O2. The molecule has 0 heterocycles. The van der Waals surface area contributed by atoms with E-state index in [1.54, 1.807) is 14.2 Å². The van der Waals surface area contributed by atoms with Gasteiger partial charge in [-0.1, -0.05) is 45.4 Å². The Balaban J connectivity index is 4.22. The summed E-state index contributed by atoms with van der Waals surface area (Å²) in [4.78, 5) is 4.29. The Morgan fingerprint density at radius 1 is 1.05 bits per heavy atom. The van der Waals surface area contributed by atoms with Crippen molar-refractivity contribution in [3.05, 3.63) is 0 Å². The predicted molar refractivity (Wildman–Crippen MR) is 95.6 cm³/mol. The van der Waals surface area contributed by atoms with E-state index >= 15 is 0 Å². The molecule has 4 nitrogen and oxygen atoms in total. The number of aliphatic imine (C=N–C) groups is 1. The molecule has 2 N–H and O–H groups in total. The normalized spacial score (nSPS) is 13.9. The molecule has 1 atom stereocenters. The van der Waals surface area contributed by atoms with E-state index in [0.29, 0.717) is 19.0 Å². The second-order valence-electron chi connectivity index (χ2n) is 6.13. The van der Waals surface area contributed by atoms with E-state index in [2.05, 4.69) is 11.9 Å². The summed E-state index contributed by atoms with van der Waals surface area (Å²) < 4.78 is 11.3. The van der Waals surface area contributed by atoms with Crippen molar-refractivity contribution in [1.29, 1.82) is 0 Å². The minimum Gasteiger partial charge on any atom is -0.353 e. The molecule has 0 aliphatic rings. The number of ether oxygens (including phenoxy) is 2. The number of hydrogen-bond acceptors (Lipinski definition) is 4. The average Bonchev–Trinajstić information content (AvgIpc) is 2.55. The number of unbranched alkanes of at least 4 members (excludes halogenated alkanes) is 5. The van der Waals surface area contributed by atoms with Gasteiger partial charge in [-0.05, 0) is 32.4 Å². The van der Waals surface area contributed by atoms with E-state index in [0.717, 1.165) is 19.3 Å². The van der Waals surface area contributed by atoms with Crippen LogP contribution in [-0.2, 0) is 9.47 Å². The molecular weight excluding hydrogens is 276 g/mol. The van der Waals surface area contributed by atoms with Crippen LogP contribution in [0, 0.1) is 5.92 Å². The molecule has 0 aliphatic heterocycles. The first-order valence-electron chi connectivity index (χ1n) is 8.93. The average molecular weight is 315 g/mol. The minimum absolute atomic E-state index is 0.401. The number of rotatable bonds is 15. The Bertz CT molecular complexity index is 266. The SMILES string of the molecule is CCCCCCCCC(CCC=NCCN)C(C)(OC)OC. The number of hydrogen-bond donors (Lipinski definition) is 1. The maximum absolute atomic E-state index is 5.64. The van der Waals surface area contributed by atoms with E-state index in [1.807, 2.05) is 13.1 Å². The highest BCUT2D eigenvalue weighted by molar-refractivity contribution is 5.57. The van der Waals surface area contributed by atoms with Gasteiger partial charge in [0.25, 0.3) is 0 Å². The molecule has 22 heavy (non-hydrogen) atoms. The Morgan fingerprint density at radius 3 is 2.27 bits per heavy atom. The van der Waals surface area contributed by atoms with Gasteiger partial charge in [-0.2, -0.15) is 0 Å². The zero-order chi connectivity index (χ0) is 16.7. The topological polar surface area (TPSA) is 56.8 Å². The summed E-state index contributed by atoms with van der Waals surface area (Å²) >= 11 is 0. The van der Waals surface area contributed by atoms with Crippen molar-refractivity contribution in [2.45, 2.75) is 77.4 Å². The van der Waals surface area contributed by atoms with Gasteiger partial charge in [0.05, 0.1) is 6.54 Å². The van der Waals surface area contributed by atoms with Gasteiger partial charge in [0, 0.05) is 26.7 Å². The van der Waals surface area contributed by atoms with Gasteiger partial charge in [-0.15, -0.1) is 0 Å². The standard InChI is InChI=1S/C18H38N2O2/c1-5-6-7-8-9-10-12-17(18(2,21-3)22-4)13-11-15-20-16-14-19/h15,17H,5-14,16,19H2,1-4H3. The summed E-state index contributed by atoms with van der Waals surface area (Å²) in [6.45, 7) is 5.64. The first-order valence-corrected chi connectivity index (χ1v) is 8.93. The van der Waals surface area contributed by atoms with E-state index < -0.39 is 5.79 Å². The van der Waals surface area contributed by atoms with Crippen molar-refractivity contribution < 1.29 is 9.47 Å². The fourth-order valence-corrected chi connectivity index (χ4v) is 2.79. The summed E-state index contributed by atoms with van der Waals surface area (Å²) in [5.41, 5.74) is 5.44. The van der Waals surface area contributed by atoms with Gasteiger partial charge < -0.3 is 15.2 Å². The van der Waals surface area contributed by atoms with Crippen LogP contribution in [-0.4, -0.2) is 39.3 Å². The van der Waals surface area contributed by atoms with Crippen LogP contribution in [0.25, 0.3) is 0 Å². The zero-order valence-electron chi connectivity index (χ0n) is 15.3. The highest BCUT2D eigenvalue weighted by atomic mass is 16.7. The minimum atomic E-state index is -0.495. The van der Waals surface area contributed by atoms with Gasteiger partial charge in [0.2, 0.25) is 0 Å². The van der Waals surface area contributed by atoms with Gasteiger partial charge in [0.15, 0.2) is 5.79 Å². The molecule has 0 saturated heterocycles. The van der Waals surface area contributed by atoms with Gasteiger partial charge in [-0.25, -0.2) is 0 Å². The molecule has 0 aromatic carbocycles. The van der Waals surface area contributed by atoms with E-state index in [1.165, 1.54) is 38.5 Å². The highest BCUT2D eigenvalue weighted by Crippen LogP contribution is 2.31. The first kappa shape index (κ1) is 21.6. The van der Waals surface area contributed by atoms with Crippen LogP contribution in [0.3, 0.4) is 0 Å². The second kappa shape index (κ2) is 14.2. The van der Waals surface area contributed by atoms with Crippen molar-refractivity contribution in [2.75, 3.05) is 27.3 Å². The largest absolute Gasteiger partial charge is 0.353 e. The van der Waals surface area contributed by atoms with Crippen LogP contribution >= 0.6 is 0 Å². The lowest BCUT2D eigenvalue weighted by Crippen LogP contribution is -2.39. The van der Waals surface area contributed by atoms with Crippen LogP contribution in [0.2, 0.25) is 0 Å². The predicted octanol–water partition coefficient (Wildman–Crippen LogP) is 4.17. The lowest BCUT2D eigenvalue weighted by molar-refractivity contribution is -0.229. The third-order valence-corrected chi connectivity index (χ3v) is 4.49. The number of methoxy groups -OCH3 is 2. The molecule has 1 unspecified atom stereocenters. The molecule has 0 radical (unpaired) electrons. The maximum Gasteiger partial charge on any atom is 0.167 e. The Hall–Kier alpha value is -0.450. The Kier molecular flexibility index (Phi) is 13.9. The molecule has 0 aromatic rings. The summed E-state index contributed by atoms with van der Waals surface area (Å²) in [5, 5.41) is 0. The molecule has 0 aromatic heterocycles. The molecule has 0 bridgehead atoms. The second-order valence-corrected chi connectivity index (χ2v) is 6.13. The van der Waals surface area contributed by atoms with Crippen LogP contribution in [0.4, 0.5) is 0 Å². The summed E-state index contributed by atoms with van der Waals surface area (Å²) in [6, 6.07) is 0. The Morgan fingerprint density at radius 2 is 1.68 bits per heavy atom. The highest BCUT2D eigenvalue weighted by Gasteiger charge is 2.33. The molecule has 132 valence electrons. The van der Waals surface area contributed by atoms with E-state index in [4.69, 9.17) is 15.2 Å². The van der Waals surface area contributed by atoms with Crippen molar-refractivity contribution in [3.8, 4) is 0 Å². The van der Waals surface area contributed by atoms with E-state index in [9.17, 15) is 0 Å². The number of nitrogens with two attached hydrogens (primary N) is 1. The number of nitrogens with zero attached hydrogens (tertiary/aromatic N) is 1. The zero-order valence-corrected chi connectivity index (χ0v) is 15.3. The van der Waals surface area contributed by atoms with Crippen molar-refractivity contribution in [3.63, 3.8) is 0 Å². The molecule has 4 heteroatoms. The van der Waals surface area contributed by atoms with Crippen molar-refractivity contribution >= 4 is 6.21 Å². The lowest BCUT2D eigenvalue weighted by atomic mass is 9.88. The van der Waals surface area contributed by atoms with Gasteiger partial charge in [0.1, 0.15) is 0 Å². The van der Waals surface area contributed by atoms with E-state index in [-0.39, 0.29) is 0 Å². The van der Waals surface area contributed by atoms with Crippen LogP contribution < -0.4 is 5.73 Å². The fourth-order valence-electron chi connectivity index (χ4n) is 2.79. The third-order valence-electron chi connectivity index (χ3n) is 4.49. The van der Waals surface area contributed by atoms with Crippen LogP contribution in [0.5, 0.6) is 0 Å². The summed E-state index contributed by atoms with van der Waals surface area (Å²) in [5.74, 6) is -0.0940.